The predicted molar refractivity (Wildman–Crippen MR) is 261 cm³/mol. The van der Waals surface area contributed by atoms with Crippen molar-refractivity contribution in [2.75, 3.05) is 0 Å². The quantitative estimate of drug-likeness (QED) is 0.178. The van der Waals surface area contributed by atoms with E-state index in [1.54, 1.807) is 0 Å². The van der Waals surface area contributed by atoms with Crippen molar-refractivity contribution in [3.8, 4) is 39.5 Å². The first kappa shape index (κ1) is 35.8. The molecule has 4 heteroatoms. The molecule has 0 saturated carbocycles. The average Bonchev–Trinajstić information content (AvgIpc) is 3.89. The molecule has 0 aliphatic carbocycles. The number of furan rings is 1. The summed E-state index contributed by atoms with van der Waals surface area (Å²) >= 11 is 0. The Balaban J connectivity index is 0.00000202. The molecule has 0 spiro atoms. The van der Waals surface area contributed by atoms with Gasteiger partial charge in [0, 0.05) is 38.1 Å². The van der Waals surface area contributed by atoms with Crippen LogP contribution in [0.25, 0.3) is 126 Å². The van der Waals surface area contributed by atoms with Gasteiger partial charge in [-0.05, 0) is 85.4 Å². The van der Waals surface area contributed by atoms with Gasteiger partial charge in [-0.3, -0.25) is 4.57 Å². The largest absolute Gasteiger partial charge is 0.456 e. The zero-order valence-corrected chi connectivity index (χ0v) is 34.3. The van der Waals surface area contributed by atoms with Crippen LogP contribution in [0.2, 0.25) is 0 Å². The van der Waals surface area contributed by atoms with Crippen molar-refractivity contribution in [1.82, 2.24) is 14.5 Å². The van der Waals surface area contributed by atoms with Crippen molar-refractivity contribution in [2.45, 2.75) is 13.8 Å². The summed E-state index contributed by atoms with van der Waals surface area (Å²) in [7, 11) is 0. The molecular weight excluding hydrogens is 755 g/mol. The third kappa shape index (κ3) is 5.54. The Morgan fingerprint density at radius 1 is 0.387 bits per heavy atom. The number of benzene rings is 10. The summed E-state index contributed by atoms with van der Waals surface area (Å²) in [5.74, 6) is 0.630. The second-order valence-corrected chi connectivity index (χ2v) is 15.7. The fraction of sp³-hybridized carbons (Fsp3) is 0.0345. The fourth-order valence-electron chi connectivity index (χ4n) is 9.58. The zero-order chi connectivity index (χ0) is 41.3. The van der Waals surface area contributed by atoms with Crippen LogP contribution in [0, 0.1) is 0 Å². The molecule has 3 aromatic heterocycles. The van der Waals surface area contributed by atoms with Gasteiger partial charge in [0.2, 0.25) is 5.95 Å². The number of para-hydroxylation sites is 2. The minimum atomic E-state index is 0.630. The molecule has 62 heavy (non-hydrogen) atoms. The molecule has 0 bridgehead atoms. The van der Waals surface area contributed by atoms with Crippen molar-refractivity contribution in [2.24, 2.45) is 0 Å². The Morgan fingerprint density at radius 2 is 0.984 bits per heavy atom. The van der Waals surface area contributed by atoms with E-state index < -0.39 is 0 Å². The number of nitrogens with zero attached hydrogens (tertiary/aromatic N) is 3. The highest BCUT2D eigenvalue weighted by Gasteiger charge is 2.22. The van der Waals surface area contributed by atoms with E-state index in [-0.39, 0.29) is 0 Å². The Bertz CT molecular complexity index is 3890. The van der Waals surface area contributed by atoms with E-state index in [1.807, 2.05) is 13.8 Å². The van der Waals surface area contributed by atoms with E-state index in [0.29, 0.717) is 5.95 Å². The lowest BCUT2D eigenvalue weighted by Crippen LogP contribution is -2.04. The van der Waals surface area contributed by atoms with Crippen LogP contribution in [-0.4, -0.2) is 14.5 Å². The molecule has 0 aliphatic heterocycles. The van der Waals surface area contributed by atoms with Gasteiger partial charge in [-0.2, -0.15) is 0 Å². The van der Waals surface area contributed by atoms with Crippen LogP contribution in [0.4, 0.5) is 0 Å². The second kappa shape index (κ2) is 14.3. The van der Waals surface area contributed by atoms with E-state index in [4.69, 9.17) is 14.4 Å². The van der Waals surface area contributed by atoms with Gasteiger partial charge in [-0.25, -0.2) is 9.97 Å². The molecule has 0 N–H and O–H groups in total. The highest BCUT2D eigenvalue weighted by Crippen LogP contribution is 2.43. The molecule has 0 atom stereocenters. The van der Waals surface area contributed by atoms with Gasteiger partial charge in [0.05, 0.1) is 22.2 Å². The molecule has 13 rings (SSSR count). The van der Waals surface area contributed by atoms with Crippen LogP contribution in [0.3, 0.4) is 0 Å². The van der Waals surface area contributed by atoms with Gasteiger partial charge in [-0.15, -0.1) is 0 Å². The van der Waals surface area contributed by atoms with E-state index in [0.717, 1.165) is 77.0 Å². The summed E-state index contributed by atoms with van der Waals surface area (Å²) in [6.07, 6.45) is 0. The van der Waals surface area contributed by atoms with Crippen molar-refractivity contribution < 1.29 is 4.42 Å². The smallest absolute Gasteiger partial charge is 0.235 e. The fourth-order valence-corrected chi connectivity index (χ4v) is 9.58. The van der Waals surface area contributed by atoms with Crippen molar-refractivity contribution in [3.05, 3.63) is 200 Å². The third-order valence-corrected chi connectivity index (χ3v) is 12.4. The van der Waals surface area contributed by atoms with E-state index >= 15 is 0 Å². The number of aromatic nitrogens is 3. The number of fused-ring (bicyclic) bond motifs is 11. The molecule has 0 aliphatic rings. The van der Waals surface area contributed by atoms with Gasteiger partial charge in [0.25, 0.3) is 0 Å². The van der Waals surface area contributed by atoms with Gasteiger partial charge in [-0.1, -0.05) is 178 Å². The summed E-state index contributed by atoms with van der Waals surface area (Å²) in [6.45, 7) is 4.00. The summed E-state index contributed by atoms with van der Waals surface area (Å²) in [6, 6.07) is 71.5. The summed E-state index contributed by atoms with van der Waals surface area (Å²) in [5.41, 5.74) is 11.3. The van der Waals surface area contributed by atoms with Crippen LogP contribution < -0.4 is 0 Å². The van der Waals surface area contributed by atoms with Gasteiger partial charge in [0.15, 0.2) is 0 Å². The number of rotatable bonds is 4. The van der Waals surface area contributed by atoms with Crippen molar-refractivity contribution >= 4 is 87.0 Å². The molecule has 0 amide bonds. The molecule has 0 unspecified atom stereocenters. The molecule has 4 nitrogen and oxygen atoms in total. The van der Waals surface area contributed by atoms with Crippen LogP contribution >= 0.6 is 0 Å². The standard InChI is InChI=1S/C56H33N3O.C2H6/c1-2-14-39-33-50-47(31-38(39)13-1)45-21-10-20-44(40-28-29-51-48(32-40)53-43-17-6-4-12-35(43)27-30-52(53)60-51)55(45)59(50)56-57-49-22-8-7-18-46(49)54(58-56)37-25-23-36(24-26-37)42-19-9-15-34-11-3-5-16-41(34)42;1-2/h1-33H;1-2H3. The molecular formula is C58H39N3O. The lowest BCUT2D eigenvalue weighted by molar-refractivity contribution is 0.669. The normalized spacial score (nSPS) is 11.7. The third-order valence-electron chi connectivity index (χ3n) is 12.4. The first-order valence-corrected chi connectivity index (χ1v) is 21.4. The Labute approximate surface area is 358 Å². The van der Waals surface area contributed by atoms with Crippen molar-refractivity contribution in [3.63, 3.8) is 0 Å². The topological polar surface area (TPSA) is 43.9 Å². The minimum Gasteiger partial charge on any atom is -0.456 e. The van der Waals surface area contributed by atoms with Crippen LogP contribution in [0.15, 0.2) is 205 Å². The van der Waals surface area contributed by atoms with Gasteiger partial charge in [0.1, 0.15) is 11.2 Å². The SMILES string of the molecule is CC.c1ccc2cc3c(cc2c1)c1cccc(-c2ccc4oc5ccc6ccccc6c5c4c2)c1n3-c1nc(-c2ccc(-c3cccc4ccccc34)cc2)c2ccccc2n1. The van der Waals surface area contributed by atoms with E-state index in [9.17, 15) is 0 Å². The Morgan fingerprint density at radius 3 is 1.81 bits per heavy atom. The van der Waals surface area contributed by atoms with E-state index in [2.05, 4.69) is 205 Å². The number of hydrogen-bond acceptors (Lipinski definition) is 3. The van der Waals surface area contributed by atoms with Crippen molar-refractivity contribution in [1.29, 1.82) is 0 Å². The summed E-state index contributed by atoms with van der Waals surface area (Å²) in [5, 5.41) is 12.8. The van der Waals surface area contributed by atoms with E-state index in [1.165, 1.54) is 43.4 Å². The molecule has 3 heterocycles. The predicted octanol–water partition coefficient (Wildman–Crippen LogP) is 16.1. The van der Waals surface area contributed by atoms with Crippen LogP contribution in [0.5, 0.6) is 0 Å². The highest BCUT2D eigenvalue weighted by molar-refractivity contribution is 6.21. The molecule has 0 saturated heterocycles. The van der Waals surface area contributed by atoms with Gasteiger partial charge >= 0.3 is 0 Å². The Kier molecular flexibility index (Phi) is 8.26. The van der Waals surface area contributed by atoms with Gasteiger partial charge < -0.3 is 4.42 Å². The van der Waals surface area contributed by atoms with Crippen LogP contribution in [0.1, 0.15) is 13.8 Å². The first-order valence-electron chi connectivity index (χ1n) is 21.4. The highest BCUT2D eigenvalue weighted by atomic mass is 16.3. The van der Waals surface area contributed by atoms with Crippen LogP contribution in [-0.2, 0) is 0 Å². The lowest BCUT2D eigenvalue weighted by Gasteiger charge is -2.14. The molecule has 0 fully saturated rings. The maximum atomic E-state index is 6.45. The maximum Gasteiger partial charge on any atom is 0.235 e. The lowest BCUT2D eigenvalue weighted by atomic mass is 9.96. The monoisotopic (exact) mass is 793 g/mol. The molecule has 10 aromatic carbocycles. The zero-order valence-electron chi connectivity index (χ0n) is 34.3. The molecule has 13 aromatic rings. The number of hydrogen-bond donors (Lipinski definition) is 0. The summed E-state index contributed by atoms with van der Waals surface area (Å²) in [4.78, 5) is 10.9. The molecule has 292 valence electrons. The minimum absolute atomic E-state index is 0.630. The Hall–Kier alpha value is -8.08. The first-order chi connectivity index (χ1) is 30.7. The maximum absolute atomic E-state index is 6.45. The average molecular weight is 794 g/mol. The summed E-state index contributed by atoms with van der Waals surface area (Å²) < 4.78 is 8.74. The molecule has 0 radical (unpaired) electrons. The second-order valence-electron chi connectivity index (χ2n) is 15.7.